The van der Waals surface area contributed by atoms with E-state index in [0.717, 1.165) is 17.9 Å². The van der Waals surface area contributed by atoms with E-state index in [-0.39, 0.29) is 0 Å². The molecule has 0 bridgehead atoms. The fourth-order valence-electron chi connectivity index (χ4n) is 2.73. The summed E-state index contributed by atoms with van der Waals surface area (Å²) in [5, 5.41) is 5.61. The van der Waals surface area contributed by atoms with E-state index in [2.05, 4.69) is 52.8 Å². The maximum atomic E-state index is 5.99. The van der Waals surface area contributed by atoms with Crippen LogP contribution in [0.2, 0.25) is 0 Å². The maximum Gasteiger partial charge on any atom is 0.193 e. The van der Waals surface area contributed by atoms with Crippen LogP contribution in [-0.4, -0.2) is 19.6 Å². The van der Waals surface area contributed by atoms with Crippen molar-refractivity contribution in [2.75, 3.05) is 19.0 Å². The van der Waals surface area contributed by atoms with Crippen LogP contribution in [0.25, 0.3) is 10.8 Å². The topological polar surface area (TPSA) is 59.6 Å². The fourth-order valence-corrected chi connectivity index (χ4v) is 2.73. The van der Waals surface area contributed by atoms with E-state index in [1.165, 1.54) is 16.3 Å². The Balaban J connectivity index is 1.67. The first-order chi connectivity index (χ1) is 11.8. The largest absolute Gasteiger partial charge is 0.495 e. The number of hydrogen-bond donors (Lipinski definition) is 2. The summed E-state index contributed by atoms with van der Waals surface area (Å²) < 4.78 is 5.30. The van der Waals surface area contributed by atoms with E-state index in [4.69, 9.17) is 10.5 Å². The smallest absolute Gasteiger partial charge is 0.193 e. The molecule has 4 nitrogen and oxygen atoms in total. The molecule has 0 aliphatic rings. The summed E-state index contributed by atoms with van der Waals surface area (Å²) in [5.74, 6) is 1.13. The lowest BCUT2D eigenvalue weighted by Crippen LogP contribution is -2.23. The van der Waals surface area contributed by atoms with Crippen LogP contribution in [0.5, 0.6) is 5.75 Å². The zero-order chi connectivity index (χ0) is 16.8. The molecule has 3 aromatic carbocycles. The van der Waals surface area contributed by atoms with Crippen molar-refractivity contribution in [1.82, 2.24) is 0 Å². The van der Waals surface area contributed by atoms with Crippen LogP contribution in [0.15, 0.2) is 71.7 Å². The Morgan fingerprint density at radius 3 is 2.62 bits per heavy atom. The number of methoxy groups -OCH3 is 1. The van der Waals surface area contributed by atoms with Crippen LogP contribution in [0.1, 0.15) is 5.56 Å². The van der Waals surface area contributed by atoms with E-state index < -0.39 is 0 Å². The summed E-state index contributed by atoms with van der Waals surface area (Å²) in [6.45, 7) is 0.627. The highest BCUT2D eigenvalue weighted by atomic mass is 16.5. The molecule has 0 spiro atoms. The highest BCUT2D eigenvalue weighted by molar-refractivity contribution is 5.93. The Kier molecular flexibility index (Phi) is 4.96. The molecule has 0 atom stereocenters. The van der Waals surface area contributed by atoms with Gasteiger partial charge in [0.1, 0.15) is 5.75 Å². The second kappa shape index (κ2) is 7.51. The SMILES string of the molecule is COc1ccccc1NC(N)=NCCc1cccc2ccccc12. The summed E-state index contributed by atoms with van der Waals surface area (Å²) in [5.41, 5.74) is 8.08. The molecular formula is C20H21N3O. The number of aliphatic imine (C=N–C) groups is 1. The number of nitrogens with one attached hydrogen (secondary N) is 1. The normalized spacial score (nSPS) is 11.5. The van der Waals surface area contributed by atoms with Crippen molar-refractivity contribution in [3.05, 3.63) is 72.3 Å². The lowest BCUT2D eigenvalue weighted by Gasteiger charge is -2.10. The lowest BCUT2D eigenvalue weighted by atomic mass is 10.0. The monoisotopic (exact) mass is 319 g/mol. The molecule has 0 fully saturated rings. The number of rotatable bonds is 5. The Hall–Kier alpha value is -3.01. The molecule has 0 aliphatic carbocycles. The molecule has 0 heterocycles. The summed E-state index contributed by atoms with van der Waals surface area (Å²) in [7, 11) is 1.63. The molecule has 0 amide bonds. The van der Waals surface area contributed by atoms with Gasteiger partial charge in [0.2, 0.25) is 0 Å². The summed E-state index contributed by atoms with van der Waals surface area (Å²) >= 11 is 0. The summed E-state index contributed by atoms with van der Waals surface area (Å²) in [4.78, 5) is 4.42. The van der Waals surface area contributed by atoms with Crippen LogP contribution >= 0.6 is 0 Å². The van der Waals surface area contributed by atoms with Crippen LogP contribution in [0.4, 0.5) is 5.69 Å². The van der Waals surface area contributed by atoms with Crippen LogP contribution in [0, 0.1) is 0 Å². The molecule has 3 aromatic rings. The number of benzene rings is 3. The van der Waals surface area contributed by atoms with Crippen molar-refractivity contribution in [2.24, 2.45) is 10.7 Å². The second-order valence-electron chi connectivity index (χ2n) is 5.48. The average molecular weight is 319 g/mol. The van der Waals surface area contributed by atoms with Gasteiger partial charge in [-0.3, -0.25) is 4.99 Å². The Labute approximate surface area is 142 Å². The van der Waals surface area contributed by atoms with E-state index in [1.807, 2.05) is 24.3 Å². The Morgan fingerprint density at radius 2 is 1.75 bits per heavy atom. The minimum absolute atomic E-state index is 0.389. The van der Waals surface area contributed by atoms with Crippen LogP contribution < -0.4 is 15.8 Å². The van der Waals surface area contributed by atoms with E-state index in [9.17, 15) is 0 Å². The van der Waals surface area contributed by atoms with Crippen molar-refractivity contribution < 1.29 is 4.74 Å². The molecule has 0 radical (unpaired) electrons. The number of hydrogen-bond acceptors (Lipinski definition) is 2. The van der Waals surface area contributed by atoms with Gasteiger partial charge >= 0.3 is 0 Å². The number of nitrogens with zero attached hydrogens (tertiary/aromatic N) is 1. The van der Waals surface area contributed by atoms with Crippen LogP contribution in [0.3, 0.4) is 0 Å². The van der Waals surface area contributed by atoms with Crippen molar-refractivity contribution in [1.29, 1.82) is 0 Å². The standard InChI is InChI=1S/C20H21N3O/c1-24-19-12-5-4-11-18(19)23-20(21)22-14-13-16-9-6-8-15-7-2-3-10-17(15)16/h2-12H,13-14H2,1H3,(H3,21,22,23). The van der Waals surface area contributed by atoms with Crippen molar-refractivity contribution in [3.63, 3.8) is 0 Å². The lowest BCUT2D eigenvalue weighted by molar-refractivity contribution is 0.417. The number of nitrogens with two attached hydrogens (primary N) is 1. The number of ether oxygens (including phenoxy) is 1. The maximum absolute atomic E-state index is 5.99. The molecule has 4 heteroatoms. The van der Waals surface area contributed by atoms with Crippen molar-refractivity contribution in [2.45, 2.75) is 6.42 Å². The van der Waals surface area contributed by atoms with Crippen molar-refractivity contribution in [3.8, 4) is 5.75 Å². The quantitative estimate of drug-likeness (QED) is 0.555. The third-order valence-electron chi connectivity index (χ3n) is 3.91. The van der Waals surface area contributed by atoms with E-state index >= 15 is 0 Å². The highest BCUT2D eigenvalue weighted by Crippen LogP contribution is 2.22. The van der Waals surface area contributed by atoms with Gasteiger partial charge in [-0.05, 0) is 34.9 Å². The first kappa shape index (κ1) is 15.9. The van der Waals surface area contributed by atoms with Gasteiger partial charge in [-0.15, -0.1) is 0 Å². The third kappa shape index (κ3) is 3.66. The third-order valence-corrected chi connectivity index (χ3v) is 3.91. The number of guanidine groups is 1. The van der Waals surface area contributed by atoms with Gasteiger partial charge in [-0.25, -0.2) is 0 Å². The second-order valence-corrected chi connectivity index (χ2v) is 5.48. The van der Waals surface area contributed by atoms with Gasteiger partial charge in [0, 0.05) is 6.54 Å². The first-order valence-corrected chi connectivity index (χ1v) is 7.94. The predicted molar refractivity (Wildman–Crippen MR) is 101 cm³/mol. The number of anilines is 1. The molecular weight excluding hydrogens is 298 g/mol. The number of fused-ring (bicyclic) bond motifs is 1. The van der Waals surface area contributed by atoms with Gasteiger partial charge in [-0.2, -0.15) is 0 Å². The summed E-state index contributed by atoms with van der Waals surface area (Å²) in [6.07, 6.45) is 0.843. The Bertz CT molecular complexity index is 853. The molecule has 0 saturated heterocycles. The molecule has 3 N–H and O–H groups in total. The molecule has 122 valence electrons. The van der Waals surface area contributed by atoms with Crippen LogP contribution in [-0.2, 0) is 6.42 Å². The van der Waals surface area contributed by atoms with E-state index in [1.54, 1.807) is 7.11 Å². The molecule has 0 aliphatic heterocycles. The first-order valence-electron chi connectivity index (χ1n) is 7.94. The van der Waals surface area contributed by atoms with Gasteiger partial charge < -0.3 is 15.8 Å². The molecule has 0 aromatic heterocycles. The van der Waals surface area contributed by atoms with Gasteiger partial charge in [0.25, 0.3) is 0 Å². The van der Waals surface area contributed by atoms with Gasteiger partial charge in [-0.1, -0.05) is 54.6 Å². The van der Waals surface area contributed by atoms with Gasteiger partial charge in [0.15, 0.2) is 5.96 Å². The van der Waals surface area contributed by atoms with E-state index in [0.29, 0.717) is 12.5 Å². The summed E-state index contributed by atoms with van der Waals surface area (Å²) in [6, 6.07) is 22.4. The minimum atomic E-state index is 0.389. The minimum Gasteiger partial charge on any atom is -0.495 e. The molecule has 0 unspecified atom stereocenters. The fraction of sp³-hybridized carbons (Fsp3) is 0.150. The number of para-hydroxylation sites is 2. The van der Waals surface area contributed by atoms with Crippen molar-refractivity contribution >= 4 is 22.4 Å². The highest BCUT2D eigenvalue weighted by Gasteiger charge is 2.03. The molecule has 24 heavy (non-hydrogen) atoms. The predicted octanol–water partition coefficient (Wildman–Crippen LogP) is 3.82. The van der Waals surface area contributed by atoms with Gasteiger partial charge in [0.05, 0.1) is 12.8 Å². The zero-order valence-corrected chi connectivity index (χ0v) is 13.7. The zero-order valence-electron chi connectivity index (χ0n) is 13.7. The Morgan fingerprint density at radius 1 is 1.00 bits per heavy atom. The molecule has 0 saturated carbocycles. The molecule has 3 rings (SSSR count). The average Bonchev–Trinajstić information content (AvgIpc) is 2.62.